The highest BCUT2D eigenvalue weighted by molar-refractivity contribution is 5.67. The van der Waals surface area contributed by atoms with E-state index < -0.39 is 5.97 Å². The van der Waals surface area contributed by atoms with Gasteiger partial charge in [-0.1, -0.05) is 6.92 Å². The second-order valence-electron chi connectivity index (χ2n) is 3.18. The first-order valence-corrected chi connectivity index (χ1v) is 4.60. The normalized spacial score (nSPS) is 12.7. The predicted octanol–water partition coefficient (Wildman–Crippen LogP) is 0.843. The van der Waals surface area contributed by atoms with Crippen molar-refractivity contribution in [3.05, 3.63) is 17.5 Å². The lowest BCUT2D eigenvalue weighted by Crippen LogP contribution is -2.23. The first kappa shape index (κ1) is 10.7. The predicted molar refractivity (Wildman–Crippen MR) is 52.0 cm³/mol. The zero-order valence-electron chi connectivity index (χ0n) is 8.37. The number of hydrogen-bond acceptors (Lipinski definition) is 3. The fraction of sp³-hybridized carbons (Fsp3) is 0.556. The molecule has 0 saturated carbocycles. The van der Waals surface area contributed by atoms with E-state index in [0.717, 1.165) is 17.9 Å². The van der Waals surface area contributed by atoms with Crippen molar-refractivity contribution < 1.29 is 9.90 Å². The smallest absolute Gasteiger partial charge is 0.305 e. The van der Waals surface area contributed by atoms with Gasteiger partial charge in [-0.3, -0.25) is 9.89 Å². The van der Waals surface area contributed by atoms with Crippen LogP contribution >= 0.6 is 0 Å². The molecule has 0 amide bonds. The number of carboxylic acids is 1. The van der Waals surface area contributed by atoms with Crippen LogP contribution in [0.25, 0.3) is 0 Å². The number of carbonyl (C=O) groups is 1. The summed E-state index contributed by atoms with van der Waals surface area (Å²) in [5, 5.41) is 18.6. The molecule has 3 N–H and O–H groups in total. The summed E-state index contributed by atoms with van der Waals surface area (Å²) in [6.45, 7) is 4.55. The number of nitrogens with zero attached hydrogens (tertiary/aromatic N) is 1. The summed E-state index contributed by atoms with van der Waals surface area (Å²) in [5.41, 5.74) is 1.69. The van der Waals surface area contributed by atoms with E-state index >= 15 is 0 Å². The SMILES string of the molecule is CCNC(CC(=O)O)c1cc(C)[nH]n1. The first-order valence-electron chi connectivity index (χ1n) is 4.60. The topological polar surface area (TPSA) is 78.0 Å². The summed E-state index contributed by atoms with van der Waals surface area (Å²) in [6, 6.07) is 1.65. The van der Waals surface area contributed by atoms with Crippen LogP contribution in [0.4, 0.5) is 0 Å². The van der Waals surface area contributed by atoms with Crippen LogP contribution in [0.15, 0.2) is 6.07 Å². The Morgan fingerprint density at radius 3 is 2.93 bits per heavy atom. The van der Waals surface area contributed by atoms with Gasteiger partial charge in [0, 0.05) is 5.69 Å². The lowest BCUT2D eigenvalue weighted by atomic mass is 10.1. The molecule has 78 valence electrons. The Kier molecular flexibility index (Phi) is 3.64. The van der Waals surface area contributed by atoms with Gasteiger partial charge in [0.1, 0.15) is 0 Å². The molecule has 0 saturated heterocycles. The number of aromatic nitrogens is 2. The summed E-state index contributed by atoms with van der Waals surface area (Å²) >= 11 is 0. The first-order chi connectivity index (χ1) is 6.63. The Morgan fingerprint density at radius 1 is 1.79 bits per heavy atom. The average molecular weight is 197 g/mol. The second kappa shape index (κ2) is 4.76. The van der Waals surface area contributed by atoms with Crippen LogP contribution in [-0.2, 0) is 4.79 Å². The third kappa shape index (κ3) is 2.85. The van der Waals surface area contributed by atoms with Gasteiger partial charge in [0.2, 0.25) is 0 Å². The number of aromatic amines is 1. The third-order valence-electron chi connectivity index (χ3n) is 1.91. The van der Waals surface area contributed by atoms with E-state index in [2.05, 4.69) is 15.5 Å². The van der Waals surface area contributed by atoms with Crippen LogP contribution in [0.5, 0.6) is 0 Å². The second-order valence-corrected chi connectivity index (χ2v) is 3.18. The van der Waals surface area contributed by atoms with Crippen LogP contribution in [0.2, 0.25) is 0 Å². The maximum absolute atomic E-state index is 10.6. The minimum atomic E-state index is -0.823. The Labute approximate surface area is 82.5 Å². The van der Waals surface area contributed by atoms with Gasteiger partial charge in [0.25, 0.3) is 0 Å². The molecule has 0 radical (unpaired) electrons. The molecule has 1 rings (SSSR count). The van der Waals surface area contributed by atoms with Gasteiger partial charge in [-0.2, -0.15) is 5.10 Å². The molecule has 1 unspecified atom stereocenters. The van der Waals surface area contributed by atoms with E-state index in [1.54, 1.807) is 0 Å². The third-order valence-corrected chi connectivity index (χ3v) is 1.91. The number of aryl methyl sites for hydroxylation is 1. The zero-order chi connectivity index (χ0) is 10.6. The molecule has 0 aliphatic heterocycles. The molecular weight excluding hydrogens is 182 g/mol. The van der Waals surface area contributed by atoms with Crippen LogP contribution in [-0.4, -0.2) is 27.8 Å². The molecule has 0 aliphatic rings. The number of aliphatic carboxylic acids is 1. The van der Waals surface area contributed by atoms with Crippen molar-refractivity contribution in [1.29, 1.82) is 0 Å². The van der Waals surface area contributed by atoms with Crippen molar-refractivity contribution in [2.75, 3.05) is 6.54 Å². The molecule has 1 aromatic rings. The molecule has 1 aromatic heterocycles. The van der Waals surface area contributed by atoms with Gasteiger partial charge in [-0.15, -0.1) is 0 Å². The van der Waals surface area contributed by atoms with Crippen LogP contribution in [0.1, 0.15) is 30.8 Å². The highest BCUT2D eigenvalue weighted by atomic mass is 16.4. The maximum atomic E-state index is 10.6. The van der Waals surface area contributed by atoms with E-state index in [9.17, 15) is 4.79 Å². The standard InChI is InChI=1S/C9H15N3O2/c1-3-10-7(5-9(13)14)8-4-6(2)11-12-8/h4,7,10H,3,5H2,1-2H3,(H,11,12)(H,13,14). The van der Waals surface area contributed by atoms with Crippen molar-refractivity contribution in [3.8, 4) is 0 Å². The van der Waals surface area contributed by atoms with Crippen LogP contribution in [0.3, 0.4) is 0 Å². The molecule has 1 heterocycles. The molecule has 5 nitrogen and oxygen atoms in total. The highest BCUT2D eigenvalue weighted by Gasteiger charge is 2.16. The van der Waals surface area contributed by atoms with Gasteiger partial charge in [-0.25, -0.2) is 0 Å². The number of rotatable bonds is 5. The maximum Gasteiger partial charge on any atom is 0.305 e. The highest BCUT2D eigenvalue weighted by Crippen LogP contribution is 2.14. The van der Waals surface area contributed by atoms with E-state index in [1.165, 1.54) is 0 Å². The molecule has 0 aromatic carbocycles. The van der Waals surface area contributed by atoms with Crippen LogP contribution < -0.4 is 5.32 Å². The number of H-pyrrole nitrogens is 1. The van der Waals surface area contributed by atoms with Crippen molar-refractivity contribution in [1.82, 2.24) is 15.5 Å². The zero-order valence-corrected chi connectivity index (χ0v) is 8.37. The van der Waals surface area contributed by atoms with Gasteiger partial charge in [-0.05, 0) is 19.5 Å². The van der Waals surface area contributed by atoms with Crippen molar-refractivity contribution in [2.45, 2.75) is 26.3 Å². The minimum Gasteiger partial charge on any atom is -0.481 e. The largest absolute Gasteiger partial charge is 0.481 e. The Balaban J connectivity index is 2.71. The van der Waals surface area contributed by atoms with Gasteiger partial charge < -0.3 is 10.4 Å². The van der Waals surface area contributed by atoms with E-state index in [0.29, 0.717) is 0 Å². The minimum absolute atomic E-state index is 0.0537. The van der Waals surface area contributed by atoms with Crippen LogP contribution in [0, 0.1) is 6.92 Å². The van der Waals surface area contributed by atoms with E-state index in [-0.39, 0.29) is 12.5 Å². The Morgan fingerprint density at radius 2 is 2.50 bits per heavy atom. The average Bonchev–Trinajstić information content (AvgIpc) is 2.50. The van der Waals surface area contributed by atoms with E-state index in [1.807, 2.05) is 19.9 Å². The van der Waals surface area contributed by atoms with Gasteiger partial charge in [0.05, 0.1) is 18.2 Å². The van der Waals surface area contributed by atoms with E-state index in [4.69, 9.17) is 5.11 Å². The molecule has 1 atom stereocenters. The molecule has 5 heteroatoms. The quantitative estimate of drug-likeness (QED) is 0.653. The van der Waals surface area contributed by atoms with Crippen molar-refractivity contribution in [2.24, 2.45) is 0 Å². The lowest BCUT2D eigenvalue weighted by Gasteiger charge is -2.12. The summed E-state index contributed by atoms with van der Waals surface area (Å²) in [4.78, 5) is 10.6. The fourth-order valence-electron chi connectivity index (χ4n) is 1.32. The summed E-state index contributed by atoms with van der Waals surface area (Å²) in [6.07, 6.45) is 0.0537. The number of hydrogen-bond donors (Lipinski definition) is 3. The molecule has 0 bridgehead atoms. The lowest BCUT2D eigenvalue weighted by molar-refractivity contribution is -0.137. The molecule has 0 fully saturated rings. The molecule has 0 spiro atoms. The molecule has 14 heavy (non-hydrogen) atoms. The summed E-state index contributed by atoms with van der Waals surface area (Å²) in [5.74, 6) is -0.823. The Bertz CT molecular complexity index is 309. The van der Waals surface area contributed by atoms with Crippen molar-refractivity contribution in [3.63, 3.8) is 0 Å². The summed E-state index contributed by atoms with van der Waals surface area (Å²) in [7, 11) is 0. The number of carboxylic acid groups (broad SMARTS) is 1. The monoisotopic (exact) mass is 197 g/mol. The van der Waals surface area contributed by atoms with Crippen molar-refractivity contribution >= 4 is 5.97 Å². The molecule has 0 aliphatic carbocycles. The Hall–Kier alpha value is -1.36. The summed E-state index contributed by atoms with van der Waals surface area (Å²) < 4.78 is 0. The van der Waals surface area contributed by atoms with Gasteiger partial charge in [0.15, 0.2) is 0 Å². The fourth-order valence-corrected chi connectivity index (χ4v) is 1.32. The van der Waals surface area contributed by atoms with Gasteiger partial charge >= 0.3 is 5.97 Å². The molecular formula is C9H15N3O2. The number of nitrogens with one attached hydrogen (secondary N) is 2.